The molecule has 4 heterocycles. The minimum Gasteiger partial charge on any atom is -0.319 e. The van der Waals surface area contributed by atoms with Crippen LogP contribution in [0.1, 0.15) is 16.2 Å². The molecule has 5 aromatic rings. The van der Waals surface area contributed by atoms with Crippen LogP contribution in [0.25, 0.3) is 22.7 Å². The SMILES string of the molecule is Cc1cccc(-n2nc(C(=O)Nc3ccccc3Cl)cc2-c2ccc3ncnn3c2)n1. The molecular formula is C22H16ClN7O. The maximum atomic E-state index is 12.9. The van der Waals surface area contributed by atoms with Crippen LogP contribution in [0.2, 0.25) is 5.02 Å². The summed E-state index contributed by atoms with van der Waals surface area (Å²) in [6, 6.07) is 18.2. The van der Waals surface area contributed by atoms with Gasteiger partial charge in [-0.05, 0) is 49.4 Å². The average Bonchev–Trinajstić information content (AvgIpc) is 3.42. The number of amides is 1. The molecule has 8 nitrogen and oxygen atoms in total. The highest BCUT2D eigenvalue weighted by Gasteiger charge is 2.19. The van der Waals surface area contributed by atoms with Gasteiger partial charge >= 0.3 is 0 Å². The van der Waals surface area contributed by atoms with Crippen LogP contribution in [0.5, 0.6) is 0 Å². The molecule has 1 N–H and O–H groups in total. The fourth-order valence-corrected chi connectivity index (χ4v) is 3.42. The minimum atomic E-state index is -0.373. The van der Waals surface area contributed by atoms with Crippen molar-refractivity contribution in [1.82, 2.24) is 29.4 Å². The molecule has 1 amide bonds. The second-order valence-electron chi connectivity index (χ2n) is 6.88. The molecule has 31 heavy (non-hydrogen) atoms. The Labute approximate surface area is 182 Å². The molecule has 0 aliphatic heterocycles. The summed E-state index contributed by atoms with van der Waals surface area (Å²) in [4.78, 5) is 21.7. The van der Waals surface area contributed by atoms with Gasteiger partial charge < -0.3 is 5.32 Å². The number of anilines is 1. The zero-order valence-corrected chi connectivity index (χ0v) is 17.2. The zero-order valence-electron chi connectivity index (χ0n) is 16.4. The summed E-state index contributed by atoms with van der Waals surface area (Å²) < 4.78 is 3.31. The maximum Gasteiger partial charge on any atom is 0.276 e. The third kappa shape index (κ3) is 3.64. The first kappa shape index (κ1) is 19.0. The lowest BCUT2D eigenvalue weighted by Crippen LogP contribution is -2.13. The van der Waals surface area contributed by atoms with E-state index in [1.54, 1.807) is 39.5 Å². The molecule has 0 fully saturated rings. The predicted molar refractivity (Wildman–Crippen MR) is 117 cm³/mol. The molecule has 9 heteroatoms. The first-order chi connectivity index (χ1) is 15.1. The van der Waals surface area contributed by atoms with Gasteiger partial charge in [0.1, 0.15) is 6.33 Å². The third-order valence-corrected chi connectivity index (χ3v) is 5.05. The highest BCUT2D eigenvalue weighted by Crippen LogP contribution is 2.26. The number of benzene rings is 1. The van der Waals surface area contributed by atoms with E-state index in [-0.39, 0.29) is 11.6 Å². The zero-order chi connectivity index (χ0) is 21.4. The Balaban J connectivity index is 1.61. The molecule has 5 rings (SSSR count). The van der Waals surface area contributed by atoms with Crippen LogP contribution in [0.4, 0.5) is 5.69 Å². The van der Waals surface area contributed by atoms with E-state index in [4.69, 9.17) is 11.6 Å². The van der Waals surface area contributed by atoms with Crippen LogP contribution < -0.4 is 5.32 Å². The van der Waals surface area contributed by atoms with E-state index in [0.717, 1.165) is 16.9 Å². The van der Waals surface area contributed by atoms with Gasteiger partial charge in [-0.3, -0.25) is 4.79 Å². The fourth-order valence-electron chi connectivity index (χ4n) is 3.24. The quantitative estimate of drug-likeness (QED) is 0.462. The number of hydrogen-bond acceptors (Lipinski definition) is 5. The summed E-state index contributed by atoms with van der Waals surface area (Å²) in [6.45, 7) is 1.90. The second kappa shape index (κ2) is 7.66. The van der Waals surface area contributed by atoms with Gasteiger partial charge in [-0.2, -0.15) is 10.2 Å². The van der Waals surface area contributed by atoms with Gasteiger partial charge in [-0.15, -0.1) is 0 Å². The van der Waals surface area contributed by atoms with Gasteiger partial charge in [-0.1, -0.05) is 29.8 Å². The van der Waals surface area contributed by atoms with Crippen molar-refractivity contribution in [2.45, 2.75) is 6.92 Å². The maximum absolute atomic E-state index is 12.9. The Kier molecular flexibility index (Phi) is 4.68. The standard InChI is InChI=1S/C22H16ClN7O/c1-14-5-4-8-21(26-14)30-19(15-9-10-20-24-13-25-29(20)12-15)11-18(28-30)22(31)27-17-7-3-2-6-16(17)23/h2-13H,1H3,(H,27,31). The van der Waals surface area contributed by atoms with Crippen molar-refractivity contribution in [2.24, 2.45) is 0 Å². The summed E-state index contributed by atoms with van der Waals surface area (Å²) in [5.41, 5.74) is 3.82. The Morgan fingerprint density at radius 3 is 2.77 bits per heavy atom. The average molecular weight is 430 g/mol. The Hall–Kier alpha value is -4.04. The van der Waals surface area contributed by atoms with Crippen molar-refractivity contribution in [3.63, 3.8) is 0 Å². The number of hydrogen-bond donors (Lipinski definition) is 1. The number of pyridine rings is 2. The van der Waals surface area contributed by atoms with Crippen molar-refractivity contribution in [3.8, 4) is 17.1 Å². The molecule has 0 radical (unpaired) electrons. The Morgan fingerprint density at radius 1 is 1.06 bits per heavy atom. The summed E-state index contributed by atoms with van der Waals surface area (Å²) in [6.07, 6.45) is 3.32. The van der Waals surface area contributed by atoms with Gasteiger partial charge in [0, 0.05) is 17.5 Å². The van der Waals surface area contributed by atoms with E-state index < -0.39 is 0 Å². The summed E-state index contributed by atoms with van der Waals surface area (Å²) in [5.74, 6) is 0.230. The van der Waals surface area contributed by atoms with Gasteiger partial charge in [0.15, 0.2) is 17.2 Å². The molecule has 0 aliphatic rings. The second-order valence-corrected chi connectivity index (χ2v) is 7.29. The van der Waals surface area contributed by atoms with E-state index >= 15 is 0 Å². The van der Waals surface area contributed by atoms with Crippen LogP contribution in [0.3, 0.4) is 0 Å². The number of aromatic nitrogens is 6. The van der Waals surface area contributed by atoms with Gasteiger partial charge in [-0.25, -0.2) is 19.2 Å². The lowest BCUT2D eigenvalue weighted by atomic mass is 10.2. The summed E-state index contributed by atoms with van der Waals surface area (Å²) in [7, 11) is 0. The van der Waals surface area contributed by atoms with Crippen molar-refractivity contribution in [2.75, 3.05) is 5.32 Å². The lowest BCUT2D eigenvalue weighted by Gasteiger charge is -2.07. The number of rotatable bonds is 4. The van der Waals surface area contributed by atoms with Gasteiger partial charge in [0.25, 0.3) is 5.91 Å². The Morgan fingerprint density at radius 2 is 1.94 bits per heavy atom. The van der Waals surface area contributed by atoms with E-state index in [1.807, 2.05) is 43.5 Å². The number of halogens is 1. The molecule has 152 valence electrons. The lowest BCUT2D eigenvalue weighted by molar-refractivity contribution is 0.102. The number of nitrogens with one attached hydrogen (secondary N) is 1. The molecule has 4 aromatic heterocycles. The Bertz CT molecular complexity index is 1420. The van der Waals surface area contributed by atoms with Gasteiger partial charge in [0.05, 0.1) is 16.4 Å². The number of aryl methyl sites for hydroxylation is 1. The van der Waals surface area contributed by atoms with E-state index in [9.17, 15) is 4.79 Å². The molecular weight excluding hydrogens is 414 g/mol. The van der Waals surface area contributed by atoms with Crippen molar-refractivity contribution in [1.29, 1.82) is 0 Å². The molecule has 0 aliphatic carbocycles. The highest BCUT2D eigenvalue weighted by atomic mass is 35.5. The topological polar surface area (TPSA) is 90.0 Å². The number of para-hydroxylation sites is 1. The van der Waals surface area contributed by atoms with E-state index in [1.165, 1.54) is 6.33 Å². The third-order valence-electron chi connectivity index (χ3n) is 4.72. The molecule has 0 bridgehead atoms. The molecule has 1 aromatic carbocycles. The number of nitrogens with zero attached hydrogens (tertiary/aromatic N) is 6. The number of carbonyl (C=O) groups excluding carboxylic acids is 1. The molecule has 0 unspecified atom stereocenters. The van der Waals surface area contributed by atoms with Crippen LogP contribution in [0.15, 0.2) is 73.2 Å². The van der Waals surface area contributed by atoms with Crippen molar-refractivity contribution < 1.29 is 4.79 Å². The van der Waals surface area contributed by atoms with E-state index in [2.05, 4.69) is 25.5 Å². The first-order valence-corrected chi connectivity index (χ1v) is 9.86. The van der Waals surface area contributed by atoms with Crippen LogP contribution in [0, 0.1) is 6.92 Å². The smallest absolute Gasteiger partial charge is 0.276 e. The summed E-state index contributed by atoms with van der Waals surface area (Å²) in [5, 5.41) is 12.0. The molecule has 0 atom stereocenters. The van der Waals surface area contributed by atoms with Crippen LogP contribution in [-0.4, -0.2) is 35.3 Å². The highest BCUT2D eigenvalue weighted by molar-refractivity contribution is 6.33. The molecule has 0 spiro atoms. The fraction of sp³-hybridized carbons (Fsp3) is 0.0455. The molecule has 0 saturated carbocycles. The van der Waals surface area contributed by atoms with E-state index in [0.29, 0.717) is 22.2 Å². The van der Waals surface area contributed by atoms with Crippen LogP contribution >= 0.6 is 11.6 Å². The van der Waals surface area contributed by atoms with Gasteiger partial charge in [0.2, 0.25) is 0 Å². The van der Waals surface area contributed by atoms with Crippen LogP contribution in [-0.2, 0) is 0 Å². The largest absolute Gasteiger partial charge is 0.319 e. The van der Waals surface area contributed by atoms with Crippen molar-refractivity contribution in [3.05, 3.63) is 89.6 Å². The molecule has 0 saturated heterocycles. The predicted octanol–water partition coefficient (Wildman–Crippen LogP) is 4.19. The first-order valence-electron chi connectivity index (χ1n) is 9.48. The number of fused-ring (bicyclic) bond motifs is 1. The van der Waals surface area contributed by atoms with Crippen molar-refractivity contribution >= 4 is 28.8 Å². The normalized spacial score (nSPS) is 11.0. The number of carbonyl (C=O) groups is 1. The minimum absolute atomic E-state index is 0.233. The monoisotopic (exact) mass is 429 g/mol. The summed E-state index contributed by atoms with van der Waals surface area (Å²) >= 11 is 6.18.